The van der Waals surface area contributed by atoms with Gasteiger partial charge >= 0.3 is 0 Å². The Labute approximate surface area is 84.0 Å². The molecule has 0 aliphatic rings. The second-order valence-electron chi connectivity index (χ2n) is 3.88. The van der Waals surface area contributed by atoms with Crippen LogP contribution in [0.5, 0.6) is 5.75 Å². The molecule has 0 heterocycles. The van der Waals surface area contributed by atoms with E-state index in [1.807, 2.05) is 30.3 Å². The highest BCUT2D eigenvalue weighted by atomic mass is 16.3. The zero-order valence-electron chi connectivity index (χ0n) is 8.49. The van der Waals surface area contributed by atoms with Crippen molar-refractivity contribution in [1.82, 2.24) is 0 Å². The summed E-state index contributed by atoms with van der Waals surface area (Å²) >= 11 is 0. The molecule has 0 bridgehead atoms. The van der Waals surface area contributed by atoms with Crippen molar-refractivity contribution in [2.75, 3.05) is 0 Å². The maximum Gasteiger partial charge on any atom is 0.126 e. The van der Waals surface area contributed by atoms with E-state index in [9.17, 15) is 5.11 Å². The van der Waals surface area contributed by atoms with Gasteiger partial charge in [-0.3, -0.25) is 0 Å². The summed E-state index contributed by atoms with van der Waals surface area (Å²) in [5.74, 6) is 0.790. The molecule has 0 radical (unpaired) electrons. The van der Waals surface area contributed by atoms with Gasteiger partial charge in [-0.15, -0.1) is 0 Å². The minimum absolute atomic E-state index is 0.361. The fourth-order valence-electron chi connectivity index (χ4n) is 1.74. The fraction of sp³-hybridized carbons (Fsp3) is 0.231. The van der Waals surface area contributed by atoms with Crippen LogP contribution < -0.4 is 0 Å². The largest absolute Gasteiger partial charge is 0.507 e. The Balaban J connectivity index is 2.75. The van der Waals surface area contributed by atoms with E-state index >= 15 is 0 Å². The van der Waals surface area contributed by atoms with Crippen molar-refractivity contribution in [2.24, 2.45) is 0 Å². The normalized spacial score (nSPS) is 11.1. The van der Waals surface area contributed by atoms with Crippen molar-refractivity contribution in [1.29, 1.82) is 0 Å². The van der Waals surface area contributed by atoms with Crippen molar-refractivity contribution >= 4 is 10.8 Å². The maximum absolute atomic E-state index is 10.0. The number of hydrogen-bond donors (Lipinski definition) is 1. The van der Waals surface area contributed by atoms with Crippen molar-refractivity contribution in [2.45, 2.75) is 19.8 Å². The number of rotatable bonds is 1. The second kappa shape index (κ2) is 3.33. The minimum atomic E-state index is 0.361. The highest BCUT2D eigenvalue weighted by Crippen LogP contribution is 2.32. The van der Waals surface area contributed by atoms with Gasteiger partial charge in [0.25, 0.3) is 0 Å². The molecule has 0 unspecified atom stereocenters. The number of benzene rings is 2. The molecule has 0 atom stereocenters. The number of fused-ring (bicyclic) bond motifs is 1. The zero-order valence-corrected chi connectivity index (χ0v) is 8.49. The average Bonchev–Trinajstić information content (AvgIpc) is 2.18. The van der Waals surface area contributed by atoms with Gasteiger partial charge in [-0.1, -0.05) is 50.2 Å². The fourth-order valence-corrected chi connectivity index (χ4v) is 1.74. The summed E-state index contributed by atoms with van der Waals surface area (Å²) in [4.78, 5) is 0. The topological polar surface area (TPSA) is 20.2 Å². The lowest BCUT2D eigenvalue weighted by atomic mass is 9.98. The zero-order chi connectivity index (χ0) is 10.1. The van der Waals surface area contributed by atoms with Gasteiger partial charge in [-0.2, -0.15) is 0 Å². The summed E-state index contributed by atoms with van der Waals surface area (Å²) in [6, 6.07) is 12.0. The van der Waals surface area contributed by atoms with Crippen LogP contribution in [0.3, 0.4) is 0 Å². The van der Waals surface area contributed by atoms with Gasteiger partial charge in [0.1, 0.15) is 5.75 Å². The summed E-state index contributed by atoms with van der Waals surface area (Å²) in [7, 11) is 0. The Morgan fingerprint density at radius 1 is 1.00 bits per heavy atom. The van der Waals surface area contributed by atoms with Crippen LogP contribution >= 0.6 is 0 Å². The van der Waals surface area contributed by atoms with Gasteiger partial charge in [0, 0.05) is 5.39 Å². The Bertz CT molecular complexity index is 458. The summed E-state index contributed by atoms with van der Waals surface area (Å²) < 4.78 is 0. The predicted molar refractivity (Wildman–Crippen MR) is 59.7 cm³/mol. The molecule has 14 heavy (non-hydrogen) atoms. The summed E-state index contributed by atoms with van der Waals surface area (Å²) in [5, 5.41) is 12.1. The molecule has 2 aromatic rings. The van der Waals surface area contributed by atoms with Crippen molar-refractivity contribution < 1.29 is 5.11 Å². The quantitative estimate of drug-likeness (QED) is 0.720. The smallest absolute Gasteiger partial charge is 0.126 e. The van der Waals surface area contributed by atoms with E-state index in [4.69, 9.17) is 0 Å². The first kappa shape index (κ1) is 9.07. The summed E-state index contributed by atoms with van der Waals surface area (Å²) in [6.45, 7) is 4.17. The average molecular weight is 186 g/mol. The van der Waals surface area contributed by atoms with Crippen LogP contribution in [0.25, 0.3) is 10.8 Å². The van der Waals surface area contributed by atoms with Gasteiger partial charge in [0.15, 0.2) is 0 Å². The van der Waals surface area contributed by atoms with E-state index < -0.39 is 0 Å². The van der Waals surface area contributed by atoms with Crippen molar-refractivity contribution in [3.8, 4) is 5.75 Å². The van der Waals surface area contributed by atoms with E-state index in [2.05, 4.69) is 19.9 Å². The number of aromatic hydroxyl groups is 1. The first-order valence-electron chi connectivity index (χ1n) is 4.91. The number of phenols is 1. The maximum atomic E-state index is 10.0. The van der Waals surface area contributed by atoms with Crippen LogP contribution in [0.2, 0.25) is 0 Å². The molecular formula is C13H14O. The lowest BCUT2D eigenvalue weighted by Gasteiger charge is -2.10. The molecule has 0 saturated carbocycles. The number of hydrogen-bond acceptors (Lipinski definition) is 1. The van der Waals surface area contributed by atoms with Crippen LogP contribution in [0.15, 0.2) is 36.4 Å². The van der Waals surface area contributed by atoms with E-state index in [0.29, 0.717) is 11.7 Å². The predicted octanol–water partition coefficient (Wildman–Crippen LogP) is 3.67. The van der Waals surface area contributed by atoms with Gasteiger partial charge < -0.3 is 5.11 Å². The van der Waals surface area contributed by atoms with E-state index in [0.717, 1.165) is 16.3 Å². The molecular weight excluding hydrogens is 172 g/mol. The Hall–Kier alpha value is -1.50. The van der Waals surface area contributed by atoms with Crippen LogP contribution in [0.1, 0.15) is 25.3 Å². The SMILES string of the molecule is CC(C)c1ccc2ccccc2c1O. The van der Waals surface area contributed by atoms with Crippen LogP contribution in [0, 0.1) is 0 Å². The van der Waals surface area contributed by atoms with Crippen LogP contribution in [0.4, 0.5) is 0 Å². The standard InChI is InChI=1S/C13H14O/c1-9(2)11-8-7-10-5-3-4-6-12(10)13(11)14/h3-9,14H,1-2H3. The molecule has 1 nitrogen and oxygen atoms in total. The summed E-state index contributed by atoms with van der Waals surface area (Å²) in [6.07, 6.45) is 0. The lowest BCUT2D eigenvalue weighted by Crippen LogP contribution is -1.88. The van der Waals surface area contributed by atoms with Gasteiger partial charge in [0.05, 0.1) is 0 Å². The first-order chi connectivity index (χ1) is 6.70. The van der Waals surface area contributed by atoms with Gasteiger partial charge in [0.2, 0.25) is 0 Å². The molecule has 0 aliphatic heterocycles. The van der Waals surface area contributed by atoms with Crippen molar-refractivity contribution in [3.05, 3.63) is 42.0 Å². The third-order valence-corrected chi connectivity index (χ3v) is 2.55. The molecule has 0 spiro atoms. The van der Waals surface area contributed by atoms with Gasteiger partial charge in [-0.25, -0.2) is 0 Å². The Morgan fingerprint density at radius 2 is 1.71 bits per heavy atom. The Kier molecular flexibility index (Phi) is 2.16. The molecule has 0 aliphatic carbocycles. The van der Waals surface area contributed by atoms with Gasteiger partial charge in [-0.05, 0) is 16.9 Å². The monoisotopic (exact) mass is 186 g/mol. The third-order valence-electron chi connectivity index (χ3n) is 2.55. The first-order valence-corrected chi connectivity index (χ1v) is 4.91. The molecule has 1 heteroatoms. The molecule has 0 fully saturated rings. The molecule has 72 valence electrons. The highest BCUT2D eigenvalue weighted by Gasteiger charge is 2.08. The molecule has 1 N–H and O–H groups in total. The molecule has 0 saturated heterocycles. The minimum Gasteiger partial charge on any atom is -0.507 e. The lowest BCUT2D eigenvalue weighted by molar-refractivity contribution is 0.471. The third kappa shape index (κ3) is 1.35. The van der Waals surface area contributed by atoms with Crippen LogP contribution in [-0.4, -0.2) is 5.11 Å². The second-order valence-corrected chi connectivity index (χ2v) is 3.88. The van der Waals surface area contributed by atoms with Crippen LogP contribution in [-0.2, 0) is 0 Å². The molecule has 2 rings (SSSR count). The van der Waals surface area contributed by atoms with E-state index in [-0.39, 0.29) is 0 Å². The molecule has 0 aromatic heterocycles. The van der Waals surface area contributed by atoms with E-state index in [1.165, 1.54) is 0 Å². The number of phenolic OH excluding ortho intramolecular Hbond substituents is 1. The Morgan fingerprint density at radius 3 is 2.43 bits per heavy atom. The van der Waals surface area contributed by atoms with E-state index in [1.54, 1.807) is 0 Å². The summed E-state index contributed by atoms with van der Waals surface area (Å²) in [5.41, 5.74) is 1.02. The molecule has 2 aromatic carbocycles. The highest BCUT2D eigenvalue weighted by molar-refractivity contribution is 5.89. The van der Waals surface area contributed by atoms with Crippen molar-refractivity contribution in [3.63, 3.8) is 0 Å². The molecule has 0 amide bonds.